The minimum Gasteiger partial charge on any atom is -0.467 e. The summed E-state index contributed by atoms with van der Waals surface area (Å²) in [7, 11) is 0. The number of nitrogens with zero attached hydrogens (tertiary/aromatic N) is 4. The summed E-state index contributed by atoms with van der Waals surface area (Å²) in [6, 6.07) is 10.6. The van der Waals surface area contributed by atoms with Crippen LogP contribution in [-0.2, 0) is 22.6 Å². The number of nitrogens with one attached hydrogen (secondary N) is 1. The molecule has 0 spiro atoms. The monoisotopic (exact) mass is 447 g/mol. The Hall–Kier alpha value is -4.52. The number of aromatic nitrogens is 3. The van der Waals surface area contributed by atoms with Crippen LogP contribution < -0.4 is 5.32 Å². The molecule has 0 radical (unpaired) electrons. The highest BCUT2D eigenvalue weighted by Gasteiger charge is 2.21. The Morgan fingerprint density at radius 2 is 2.03 bits per heavy atom. The second-order valence-corrected chi connectivity index (χ2v) is 7.31. The molecule has 0 aliphatic carbocycles. The lowest BCUT2D eigenvalue weighted by Crippen LogP contribution is -2.23. The lowest BCUT2D eigenvalue weighted by molar-refractivity contribution is -0.119. The van der Waals surface area contributed by atoms with Gasteiger partial charge >= 0.3 is 5.97 Å². The first kappa shape index (κ1) is 21.7. The molecule has 0 aromatic carbocycles. The van der Waals surface area contributed by atoms with Gasteiger partial charge in [-0.2, -0.15) is 10.4 Å². The molecule has 4 aromatic rings. The van der Waals surface area contributed by atoms with Crippen molar-refractivity contribution < 1.29 is 23.2 Å². The van der Waals surface area contributed by atoms with Gasteiger partial charge in [-0.05, 0) is 49.7 Å². The zero-order chi connectivity index (χ0) is 23.4. The Balaban J connectivity index is 1.41. The van der Waals surface area contributed by atoms with Gasteiger partial charge in [-0.15, -0.1) is 0 Å². The number of rotatable bonds is 8. The van der Waals surface area contributed by atoms with E-state index >= 15 is 0 Å². The van der Waals surface area contributed by atoms with Crippen molar-refractivity contribution in [3.8, 4) is 6.07 Å². The highest BCUT2D eigenvalue weighted by molar-refractivity contribution is 5.95. The molecule has 168 valence electrons. The third kappa shape index (κ3) is 4.72. The summed E-state index contributed by atoms with van der Waals surface area (Å²) in [6.07, 6.45) is 4.97. The Kier molecular flexibility index (Phi) is 6.13. The summed E-state index contributed by atoms with van der Waals surface area (Å²) in [4.78, 5) is 24.8. The van der Waals surface area contributed by atoms with Gasteiger partial charge in [-0.1, -0.05) is 0 Å². The van der Waals surface area contributed by atoms with Crippen molar-refractivity contribution in [2.45, 2.75) is 26.9 Å². The number of carbonyl (C=O) groups is 2. The molecule has 1 N–H and O–H groups in total. The number of ether oxygens (including phenoxy) is 1. The minimum absolute atomic E-state index is 0.0180. The van der Waals surface area contributed by atoms with E-state index in [-0.39, 0.29) is 5.76 Å². The molecule has 4 heterocycles. The van der Waals surface area contributed by atoms with Gasteiger partial charge < -0.3 is 23.5 Å². The van der Waals surface area contributed by atoms with E-state index < -0.39 is 18.5 Å². The van der Waals surface area contributed by atoms with Crippen LogP contribution in [0.15, 0.2) is 57.8 Å². The topological polar surface area (TPSA) is 128 Å². The summed E-state index contributed by atoms with van der Waals surface area (Å²) >= 11 is 0. The van der Waals surface area contributed by atoms with Crippen LogP contribution in [0.4, 0.5) is 5.82 Å². The molecular formula is C23H21N5O5. The number of furan rings is 2. The van der Waals surface area contributed by atoms with Crippen LogP contribution in [0, 0.1) is 25.2 Å². The second-order valence-electron chi connectivity index (χ2n) is 7.31. The maximum Gasteiger partial charge on any atom is 0.374 e. The van der Waals surface area contributed by atoms with Gasteiger partial charge in [0.1, 0.15) is 23.4 Å². The number of nitriles is 1. The van der Waals surface area contributed by atoms with Crippen molar-refractivity contribution in [3.63, 3.8) is 0 Å². The van der Waals surface area contributed by atoms with E-state index in [2.05, 4.69) is 16.5 Å². The predicted octanol–water partition coefficient (Wildman–Crippen LogP) is 3.25. The zero-order valence-corrected chi connectivity index (χ0v) is 18.1. The predicted molar refractivity (Wildman–Crippen MR) is 115 cm³/mol. The molecule has 0 aliphatic rings. The van der Waals surface area contributed by atoms with Gasteiger partial charge in [0.25, 0.3) is 5.91 Å². The van der Waals surface area contributed by atoms with Crippen LogP contribution in [0.2, 0.25) is 0 Å². The highest BCUT2D eigenvalue weighted by Crippen LogP contribution is 2.27. The van der Waals surface area contributed by atoms with Gasteiger partial charge in [-0.25, -0.2) is 4.79 Å². The van der Waals surface area contributed by atoms with Crippen LogP contribution in [0.1, 0.15) is 38.9 Å². The van der Waals surface area contributed by atoms with Gasteiger partial charge in [-0.3, -0.25) is 9.48 Å². The summed E-state index contributed by atoms with van der Waals surface area (Å²) < 4.78 is 19.4. The van der Waals surface area contributed by atoms with Gasteiger partial charge in [0.2, 0.25) is 5.76 Å². The Morgan fingerprint density at radius 1 is 1.18 bits per heavy atom. The number of hydrogen-bond acceptors (Lipinski definition) is 7. The molecule has 0 fully saturated rings. The fourth-order valence-corrected chi connectivity index (χ4v) is 3.38. The van der Waals surface area contributed by atoms with E-state index in [0.29, 0.717) is 36.0 Å². The van der Waals surface area contributed by atoms with Crippen LogP contribution in [0.3, 0.4) is 0 Å². The van der Waals surface area contributed by atoms with Crippen molar-refractivity contribution in [2.24, 2.45) is 0 Å². The van der Waals surface area contributed by atoms with E-state index in [1.807, 2.05) is 6.92 Å². The molecule has 4 rings (SSSR count). The molecule has 33 heavy (non-hydrogen) atoms. The van der Waals surface area contributed by atoms with E-state index in [4.69, 9.17) is 13.6 Å². The van der Waals surface area contributed by atoms with Gasteiger partial charge in [0.05, 0.1) is 24.9 Å². The average Bonchev–Trinajstić information content (AvgIpc) is 3.60. The lowest BCUT2D eigenvalue weighted by atomic mass is 10.2. The molecule has 0 atom stereocenters. The van der Waals surface area contributed by atoms with Crippen molar-refractivity contribution in [2.75, 3.05) is 11.9 Å². The average molecular weight is 447 g/mol. The largest absolute Gasteiger partial charge is 0.467 e. The summed E-state index contributed by atoms with van der Waals surface area (Å²) in [5.74, 6) is 0.149. The van der Waals surface area contributed by atoms with Crippen molar-refractivity contribution in [1.29, 1.82) is 5.26 Å². The smallest absolute Gasteiger partial charge is 0.374 e. The fourth-order valence-electron chi connectivity index (χ4n) is 3.38. The van der Waals surface area contributed by atoms with Crippen LogP contribution in [-0.4, -0.2) is 32.8 Å². The maximum atomic E-state index is 12.5. The normalized spacial score (nSPS) is 10.7. The van der Waals surface area contributed by atoms with Gasteiger partial charge in [0.15, 0.2) is 6.61 Å². The number of esters is 1. The quantitative estimate of drug-likeness (QED) is 0.411. The van der Waals surface area contributed by atoms with Gasteiger partial charge in [0, 0.05) is 18.1 Å². The molecule has 4 aromatic heterocycles. The van der Waals surface area contributed by atoms with Crippen molar-refractivity contribution in [1.82, 2.24) is 14.3 Å². The third-order valence-corrected chi connectivity index (χ3v) is 5.17. The van der Waals surface area contributed by atoms with Crippen molar-refractivity contribution in [3.05, 3.63) is 83.1 Å². The summed E-state index contributed by atoms with van der Waals surface area (Å²) in [5, 5.41) is 16.4. The maximum absolute atomic E-state index is 12.5. The standard InChI is InChI=1S/C23H21N5O5/c1-15-16(2)28(13-17-5-3-10-31-17)22(19(15)11-24)26-21(29)14-32-23(30)20-7-6-18(33-20)12-27-9-4-8-25-27/h3-10H,12-14H2,1-2H3,(H,26,29). The van der Waals surface area contributed by atoms with E-state index in [1.165, 1.54) is 6.07 Å². The minimum atomic E-state index is -0.768. The van der Waals surface area contributed by atoms with E-state index in [0.717, 1.165) is 11.3 Å². The first-order valence-corrected chi connectivity index (χ1v) is 10.1. The molecule has 0 saturated heterocycles. The van der Waals surface area contributed by atoms with E-state index in [9.17, 15) is 14.9 Å². The molecular weight excluding hydrogens is 426 g/mol. The fraction of sp³-hybridized carbons (Fsp3) is 0.217. The Bertz CT molecular complexity index is 1310. The first-order chi connectivity index (χ1) is 16.0. The third-order valence-electron chi connectivity index (χ3n) is 5.17. The van der Waals surface area contributed by atoms with E-state index in [1.54, 1.807) is 59.1 Å². The number of amides is 1. The van der Waals surface area contributed by atoms with Crippen molar-refractivity contribution >= 4 is 17.7 Å². The first-order valence-electron chi connectivity index (χ1n) is 10.1. The molecule has 10 nitrogen and oxygen atoms in total. The zero-order valence-electron chi connectivity index (χ0n) is 18.1. The highest BCUT2D eigenvalue weighted by atomic mass is 16.5. The summed E-state index contributed by atoms with van der Waals surface area (Å²) in [5.41, 5.74) is 1.90. The number of anilines is 1. The molecule has 0 bridgehead atoms. The molecule has 0 aliphatic heterocycles. The number of hydrogen-bond donors (Lipinski definition) is 1. The molecule has 10 heteroatoms. The second kappa shape index (κ2) is 9.32. The van der Waals surface area contributed by atoms with Crippen LogP contribution in [0.5, 0.6) is 0 Å². The number of carbonyl (C=O) groups excluding carboxylic acids is 2. The Morgan fingerprint density at radius 3 is 2.73 bits per heavy atom. The molecule has 0 unspecified atom stereocenters. The van der Waals surface area contributed by atoms with Crippen LogP contribution in [0.25, 0.3) is 0 Å². The lowest BCUT2D eigenvalue weighted by Gasteiger charge is -2.12. The SMILES string of the molecule is Cc1c(C#N)c(NC(=O)COC(=O)c2ccc(Cn3cccn3)o2)n(Cc2ccco2)c1C. The molecule has 1 amide bonds. The molecule has 0 saturated carbocycles. The Labute approximate surface area is 189 Å². The summed E-state index contributed by atoms with van der Waals surface area (Å²) in [6.45, 7) is 3.82. The van der Waals surface area contributed by atoms with Crippen LogP contribution >= 0.6 is 0 Å².